The number of nitrogens with zero attached hydrogens (tertiary/aromatic N) is 4. The summed E-state index contributed by atoms with van der Waals surface area (Å²) in [5.74, 6) is 0.390. The van der Waals surface area contributed by atoms with Crippen molar-refractivity contribution in [3.63, 3.8) is 0 Å². The molecule has 0 radical (unpaired) electrons. The zero-order valence-corrected chi connectivity index (χ0v) is 10.4. The van der Waals surface area contributed by atoms with E-state index in [1.54, 1.807) is 7.05 Å². The van der Waals surface area contributed by atoms with Crippen LogP contribution in [0.4, 0.5) is 5.82 Å². The van der Waals surface area contributed by atoms with Gasteiger partial charge < -0.3 is 10.3 Å². The van der Waals surface area contributed by atoms with Gasteiger partial charge in [0.25, 0.3) is 0 Å². The number of hydrogen-bond acceptors (Lipinski definition) is 7. The largest absolute Gasteiger partial charge is 0.381 e. The van der Waals surface area contributed by atoms with Gasteiger partial charge in [0.1, 0.15) is 4.90 Å². The monoisotopic (exact) mass is 272 g/mol. The van der Waals surface area contributed by atoms with Crippen LogP contribution in [-0.2, 0) is 23.5 Å². The summed E-state index contributed by atoms with van der Waals surface area (Å²) in [5.41, 5.74) is 5.50. The average Bonchev–Trinajstić information content (AvgIpc) is 2.88. The Hall–Kier alpha value is -1.94. The predicted molar refractivity (Wildman–Crippen MR) is 60.8 cm³/mol. The first-order chi connectivity index (χ1) is 8.49. The molecule has 0 aliphatic rings. The van der Waals surface area contributed by atoms with Crippen LogP contribution in [0.15, 0.2) is 22.0 Å². The molecule has 0 aliphatic heterocycles. The maximum Gasteiger partial charge on any atom is 0.245 e. The zero-order valence-electron chi connectivity index (χ0n) is 9.57. The Balaban J connectivity index is 2.02. The first-order valence-electron chi connectivity index (χ1n) is 5.03. The molecule has 3 N–H and O–H groups in total. The lowest BCUT2D eigenvalue weighted by Gasteiger charge is -2.03. The van der Waals surface area contributed by atoms with Crippen molar-refractivity contribution in [2.75, 3.05) is 12.3 Å². The second-order valence-corrected chi connectivity index (χ2v) is 5.28. The lowest BCUT2D eigenvalue weighted by atomic mass is 10.4. The van der Waals surface area contributed by atoms with E-state index in [1.165, 1.54) is 17.3 Å². The van der Waals surface area contributed by atoms with Crippen LogP contribution >= 0.6 is 0 Å². The molecule has 0 saturated heterocycles. The fourth-order valence-corrected chi connectivity index (χ4v) is 2.50. The number of nitrogens with two attached hydrogens (primary N) is 1. The summed E-state index contributed by atoms with van der Waals surface area (Å²) in [6.45, 7) is 0.149. The van der Waals surface area contributed by atoms with Gasteiger partial charge in [-0.2, -0.15) is 10.1 Å². The summed E-state index contributed by atoms with van der Waals surface area (Å²) < 4.78 is 32.0. The Morgan fingerprint density at radius 1 is 1.56 bits per heavy atom. The second kappa shape index (κ2) is 4.74. The predicted octanol–water partition coefficient (Wildman–Crippen LogP) is -1.09. The van der Waals surface area contributed by atoms with Gasteiger partial charge in [0.05, 0.1) is 0 Å². The molecule has 0 aromatic carbocycles. The molecule has 2 rings (SSSR count). The third-order valence-electron chi connectivity index (χ3n) is 2.16. The van der Waals surface area contributed by atoms with Crippen LogP contribution in [0.25, 0.3) is 0 Å². The minimum absolute atomic E-state index is 0.0374. The van der Waals surface area contributed by atoms with Gasteiger partial charge in [0, 0.05) is 26.2 Å². The molecule has 2 aromatic heterocycles. The van der Waals surface area contributed by atoms with Crippen LogP contribution in [0.1, 0.15) is 5.82 Å². The summed E-state index contributed by atoms with van der Waals surface area (Å²) in [6, 6.07) is 0. The van der Waals surface area contributed by atoms with E-state index in [0.717, 1.165) is 0 Å². The van der Waals surface area contributed by atoms with Crippen LogP contribution in [0.2, 0.25) is 0 Å². The Morgan fingerprint density at radius 2 is 2.33 bits per heavy atom. The summed E-state index contributed by atoms with van der Waals surface area (Å²) in [6.07, 6.45) is 2.85. The van der Waals surface area contributed by atoms with E-state index in [1.807, 2.05) is 0 Å². The first-order valence-corrected chi connectivity index (χ1v) is 6.51. The van der Waals surface area contributed by atoms with E-state index in [-0.39, 0.29) is 17.3 Å². The highest BCUT2D eigenvalue weighted by Crippen LogP contribution is 2.14. The molecular formula is C8H12N6O3S. The maximum absolute atomic E-state index is 11.9. The fraction of sp³-hybridized carbons (Fsp3) is 0.375. The molecule has 0 bridgehead atoms. The molecule has 0 amide bonds. The van der Waals surface area contributed by atoms with Crippen molar-refractivity contribution in [2.24, 2.45) is 7.05 Å². The van der Waals surface area contributed by atoms with Crippen LogP contribution in [0, 0.1) is 0 Å². The van der Waals surface area contributed by atoms with Crippen molar-refractivity contribution in [3.05, 3.63) is 18.4 Å². The van der Waals surface area contributed by atoms with E-state index in [2.05, 4.69) is 24.5 Å². The molecule has 9 nitrogen and oxygen atoms in total. The van der Waals surface area contributed by atoms with Gasteiger partial charge in [-0.05, 0) is 0 Å². The molecule has 0 unspecified atom stereocenters. The third kappa shape index (κ3) is 2.65. The standard InChI is InChI=1S/C8H12N6O3S/c1-14-4-6(8(9)12-14)18(15,16)11-3-2-7-10-5-17-13-7/h4-5,11H,2-3H2,1H3,(H2,9,12). The molecule has 0 fully saturated rings. The number of sulfonamides is 1. The van der Waals surface area contributed by atoms with E-state index < -0.39 is 10.0 Å². The van der Waals surface area contributed by atoms with E-state index in [0.29, 0.717) is 12.2 Å². The minimum atomic E-state index is -3.67. The Morgan fingerprint density at radius 3 is 2.89 bits per heavy atom. The minimum Gasteiger partial charge on any atom is -0.381 e. The van der Waals surface area contributed by atoms with Crippen molar-refractivity contribution in [3.8, 4) is 0 Å². The highest BCUT2D eigenvalue weighted by molar-refractivity contribution is 7.89. The quantitative estimate of drug-likeness (QED) is 0.707. The molecule has 2 aromatic rings. The highest BCUT2D eigenvalue weighted by atomic mass is 32.2. The molecule has 98 valence electrons. The Labute approximate surface area is 103 Å². The second-order valence-electron chi connectivity index (χ2n) is 3.55. The molecule has 0 atom stereocenters. The summed E-state index contributed by atoms with van der Waals surface area (Å²) in [4.78, 5) is 3.73. The summed E-state index contributed by atoms with van der Waals surface area (Å²) in [7, 11) is -2.08. The summed E-state index contributed by atoms with van der Waals surface area (Å²) in [5, 5.41) is 7.34. The van der Waals surface area contributed by atoms with Gasteiger partial charge >= 0.3 is 0 Å². The lowest BCUT2D eigenvalue weighted by Crippen LogP contribution is -2.26. The van der Waals surface area contributed by atoms with E-state index >= 15 is 0 Å². The molecule has 10 heteroatoms. The van der Waals surface area contributed by atoms with Gasteiger partial charge in [-0.25, -0.2) is 13.1 Å². The van der Waals surface area contributed by atoms with Crippen LogP contribution in [-0.4, -0.2) is 34.9 Å². The molecule has 18 heavy (non-hydrogen) atoms. The number of anilines is 1. The van der Waals surface area contributed by atoms with Gasteiger partial charge in [-0.1, -0.05) is 5.16 Å². The van der Waals surface area contributed by atoms with Gasteiger partial charge in [0.2, 0.25) is 16.4 Å². The van der Waals surface area contributed by atoms with Crippen molar-refractivity contribution in [2.45, 2.75) is 11.3 Å². The van der Waals surface area contributed by atoms with Gasteiger partial charge in [-0.3, -0.25) is 4.68 Å². The van der Waals surface area contributed by atoms with Crippen molar-refractivity contribution < 1.29 is 12.9 Å². The number of aromatic nitrogens is 4. The smallest absolute Gasteiger partial charge is 0.245 e. The number of nitrogen functional groups attached to an aromatic ring is 1. The maximum atomic E-state index is 11.9. The zero-order chi connectivity index (χ0) is 13.2. The Bertz CT molecular complexity index is 617. The van der Waals surface area contributed by atoms with Crippen LogP contribution in [0.3, 0.4) is 0 Å². The topological polar surface area (TPSA) is 129 Å². The lowest BCUT2D eigenvalue weighted by molar-refractivity contribution is 0.410. The number of hydrogen-bond donors (Lipinski definition) is 2. The van der Waals surface area contributed by atoms with Gasteiger partial charge in [-0.15, -0.1) is 0 Å². The normalized spacial score (nSPS) is 11.8. The number of nitrogens with one attached hydrogen (secondary N) is 1. The number of rotatable bonds is 5. The van der Waals surface area contributed by atoms with E-state index in [4.69, 9.17) is 5.73 Å². The third-order valence-corrected chi connectivity index (χ3v) is 3.64. The van der Waals surface area contributed by atoms with Crippen molar-refractivity contribution in [1.82, 2.24) is 24.6 Å². The first kappa shape index (κ1) is 12.5. The fourth-order valence-electron chi connectivity index (χ4n) is 1.37. The average molecular weight is 272 g/mol. The van der Waals surface area contributed by atoms with Crippen molar-refractivity contribution in [1.29, 1.82) is 0 Å². The van der Waals surface area contributed by atoms with Crippen LogP contribution < -0.4 is 10.5 Å². The SMILES string of the molecule is Cn1cc(S(=O)(=O)NCCc2ncon2)c(N)n1. The number of aryl methyl sites for hydroxylation is 1. The molecule has 0 aliphatic carbocycles. The summed E-state index contributed by atoms with van der Waals surface area (Å²) >= 11 is 0. The molecule has 2 heterocycles. The molecular weight excluding hydrogens is 260 g/mol. The molecule has 0 saturated carbocycles. The highest BCUT2D eigenvalue weighted by Gasteiger charge is 2.20. The van der Waals surface area contributed by atoms with E-state index in [9.17, 15) is 8.42 Å². The van der Waals surface area contributed by atoms with Gasteiger partial charge in [0.15, 0.2) is 11.6 Å². The molecule has 0 spiro atoms. The van der Waals surface area contributed by atoms with Crippen LogP contribution in [0.5, 0.6) is 0 Å². The Kier molecular flexibility index (Phi) is 3.30. The van der Waals surface area contributed by atoms with Crippen molar-refractivity contribution >= 4 is 15.8 Å².